The molecule has 0 saturated carbocycles. The van der Waals surface area contributed by atoms with Crippen LogP contribution in [0.5, 0.6) is 5.75 Å². The van der Waals surface area contributed by atoms with Gasteiger partial charge in [0.1, 0.15) is 11.3 Å². The quantitative estimate of drug-likeness (QED) is 0.371. The summed E-state index contributed by atoms with van der Waals surface area (Å²) in [7, 11) is 1.47. The Morgan fingerprint density at radius 1 is 1.56 bits per heavy atom. The summed E-state index contributed by atoms with van der Waals surface area (Å²) in [6.45, 7) is 0. The Hall–Kier alpha value is -1.54. The smallest absolute Gasteiger partial charge is 0.288 e. The second-order valence-electron chi connectivity index (χ2n) is 2.88. The van der Waals surface area contributed by atoms with Crippen molar-refractivity contribution in [1.82, 2.24) is 0 Å². The van der Waals surface area contributed by atoms with Crippen molar-refractivity contribution in [2.45, 2.75) is 6.42 Å². The summed E-state index contributed by atoms with van der Waals surface area (Å²) in [4.78, 5) is 10.3. The fourth-order valence-electron chi connectivity index (χ4n) is 1.10. The molecule has 0 amide bonds. The number of methoxy groups -OCH3 is 1. The van der Waals surface area contributed by atoms with E-state index in [1.807, 2.05) is 0 Å². The van der Waals surface area contributed by atoms with Crippen LogP contribution in [0.1, 0.15) is 12.0 Å². The van der Waals surface area contributed by atoms with E-state index in [2.05, 4.69) is 27.8 Å². The molecule has 0 aliphatic rings. The van der Waals surface area contributed by atoms with E-state index >= 15 is 0 Å². The molecule has 1 aromatic rings. The van der Waals surface area contributed by atoms with Gasteiger partial charge in [-0.1, -0.05) is 27.8 Å². The summed E-state index contributed by atoms with van der Waals surface area (Å²) in [6.07, 6.45) is 0.656. The molecule has 1 rings (SSSR count). The zero-order valence-electron chi connectivity index (χ0n) is 8.70. The van der Waals surface area contributed by atoms with Gasteiger partial charge in [0.25, 0.3) is 5.69 Å². The summed E-state index contributed by atoms with van der Waals surface area (Å²) < 4.78 is 4.93. The van der Waals surface area contributed by atoms with Gasteiger partial charge in [-0.15, -0.1) is 0 Å². The lowest BCUT2D eigenvalue weighted by Crippen LogP contribution is -1.93. The average Bonchev–Trinajstić information content (AvgIpc) is 2.29. The second-order valence-corrected chi connectivity index (χ2v) is 3.67. The Kier molecular flexibility index (Phi) is 4.80. The third-order valence-electron chi connectivity index (χ3n) is 1.84. The SMILES string of the molecule is COc1ccc(C#CCCBr)c([N+](=O)[O-])c1. The molecular weight excluding hydrogens is 274 g/mol. The number of nitro benzene ring substituents is 1. The largest absolute Gasteiger partial charge is 0.497 e. The van der Waals surface area contributed by atoms with Crippen LogP contribution in [-0.4, -0.2) is 17.4 Å². The molecule has 0 aliphatic carbocycles. The highest BCUT2D eigenvalue weighted by Gasteiger charge is 2.12. The average molecular weight is 284 g/mol. The van der Waals surface area contributed by atoms with Crippen molar-refractivity contribution in [1.29, 1.82) is 0 Å². The van der Waals surface area contributed by atoms with E-state index in [9.17, 15) is 10.1 Å². The highest BCUT2D eigenvalue weighted by molar-refractivity contribution is 9.09. The molecule has 0 unspecified atom stereocenters. The number of nitrogens with zero attached hydrogens (tertiary/aromatic N) is 1. The third-order valence-corrected chi connectivity index (χ3v) is 2.24. The maximum atomic E-state index is 10.8. The maximum absolute atomic E-state index is 10.8. The topological polar surface area (TPSA) is 52.4 Å². The maximum Gasteiger partial charge on any atom is 0.288 e. The summed E-state index contributed by atoms with van der Waals surface area (Å²) in [5.74, 6) is 6.07. The number of nitro groups is 1. The fourth-order valence-corrected chi connectivity index (χ4v) is 1.30. The highest BCUT2D eigenvalue weighted by Crippen LogP contribution is 2.23. The van der Waals surface area contributed by atoms with E-state index < -0.39 is 4.92 Å². The molecule has 0 spiro atoms. The first-order valence-electron chi connectivity index (χ1n) is 4.56. The monoisotopic (exact) mass is 283 g/mol. The highest BCUT2D eigenvalue weighted by atomic mass is 79.9. The molecule has 0 aromatic heterocycles. The standard InChI is InChI=1S/C11H10BrNO3/c1-16-10-6-5-9(4-2-3-7-12)11(8-10)13(14)15/h5-6,8H,3,7H2,1H3. The number of rotatable bonds is 3. The predicted molar refractivity (Wildman–Crippen MR) is 64.9 cm³/mol. The van der Waals surface area contributed by atoms with Crippen molar-refractivity contribution in [3.8, 4) is 17.6 Å². The van der Waals surface area contributed by atoms with Crippen LogP contribution in [-0.2, 0) is 0 Å². The van der Waals surface area contributed by atoms with Crippen molar-refractivity contribution >= 4 is 21.6 Å². The van der Waals surface area contributed by atoms with E-state index in [0.717, 1.165) is 5.33 Å². The molecule has 0 radical (unpaired) electrons. The van der Waals surface area contributed by atoms with Crippen LogP contribution in [0.2, 0.25) is 0 Å². The van der Waals surface area contributed by atoms with Crippen molar-refractivity contribution in [3.63, 3.8) is 0 Å². The summed E-state index contributed by atoms with van der Waals surface area (Å²) >= 11 is 3.24. The van der Waals surface area contributed by atoms with Gasteiger partial charge in [-0.3, -0.25) is 10.1 Å². The molecular formula is C11H10BrNO3. The van der Waals surface area contributed by atoms with Crippen LogP contribution in [0.25, 0.3) is 0 Å². The first-order chi connectivity index (χ1) is 7.69. The van der Waals surface area contributed by atoms with Crippen molar-refractivity contribution in [3.05, 3.63) is 33.9 Å². The fraction of sp³-hybridized carbons (Fsp3) is 0.273. The minimum Gasteiger partial charge on any atom is -0.497 e. The molecule has 0 bridgehead atoms. The lowest BCUT2D eigenvalue weighted by Gasteiger charge is -2.00. The predicted octanol–water partition coefficient (Wildman–Crippen LogP) is 2.74. The van der Waals surface area contributed by atoms with E-state index in [1.165, 1.54) is 13.2 Å². The number of hydrogen-bond donors (Lipinski definition) is 0. The van der Waals surface area contributed by atoms with Crippen LogP contribution in [0.4, 0.5) is 5.69 Å². The second kappa shape index (κ2) is 6.13. The zero-order chi connectivity index (χ0) is 12.0. The van der Waals surface area contributed by atoms with Crippen LogP contribution >= 0.6 is 15.9 Å². The molecule has 0 N–H and O–H groups in total. The summed E-state index contributed by atoms with van der Waals surface area (Å²) in [5, 5.41) is 11.5. The van der Waals surface area contributed by atoms with Crippen molar-refractivity contribution in [2.24, 2.45) is 0 Å². The molecule has 84 valence electrons. The summed E-state index contributed by atoms with van der Waals surface area (Å²) in [6, 6.07) is 4.63. The van der Waals surface area contributed by atoms with Gasteiger partial charge in [0.05, 0.1) is 18.1 Å². The molecule has 4 nitrogen and oxygen atoms in total. The molecule has 16 heavy (non-hydrogen) atoms. The third kappa shape index (κ3) is 3.24. The lowest BCUT2D eigenvalue weighted by atomic mass is 10.1. The van der Waals surface area contributed by atoms with Gasteiger partial charge in [-0.05, 0) is 12.1 Å². The Labute approximate surface area is 102 Å². The molecule has 0 aliphatic heterocycles. The summed E-state index contributed by atoms with van der Waals surface area (Å²) in [5.41, 5.74) is 0.383. The number of alkyl halides is 1. The van der Waals surface area contributed by atoms with Crippen LogP contribution in [0.15, 0.2) is 18.2 Å². The number of ether oxygens (including phenoxy) is 1. The van der Waals surface area contributed by atoms with Crippen LogP contribution < -0.4 is 4.74 Å². The normalized spacial score (nSPS) is 9.12. The van der Waals surface area contributed by atoms with E-state index in [4.69, 9.17) is 4.74 Å². The molecule has 0 fully saturated rings. The van der Waals surface area contributed by atoms with Crippen LogP contribution in [0, 0.1) is 22.0 Å². The van der Waals surface area contributed by atoms with Gasteiger partial charge in [-0.2, -0.15) is 0 Å². The molecule has 0 heterocycles. The van der Waals surface area contributed by atoms with E-state index in [1.54, 1.807) is 12.1 Å². The first kappa shape index (κ1) is 12.5. The molecule has 0 atom stereocenters. The van der Waals surface area contributed by atoms with Gasteiger partial charge in [0.2, 0.25) is 0 Å². The Bertz CT molecular complexity index is 448. The zero-order valence-corrected chi connectivity index (χ0v) is 10.3. The Morgan fingerprint density at radius 3 is 2.88 bits per heavy atom. The Balaban J connectivity index is 3.09. The van der Waals surface area contributed by atoms with Crippen LogP contribution in [0.3, 0.4) is 0 Å². The van der Waals surface area contributed by atoms with Crippen molar-refractivity contribution in [2.75, 3.05) is 12.4 Å². The first-order valence-corrected chi connectivity index (χ1v) is 5.68. The van der Waals surface area contributed by atoms with Crippen molar-refractivity contribution < 1.29 is 9.66 Å². The molecule has 0 saturated heterocycles. The van der Waals surface area contributed by atoms with E-state index in [0.29, 0.717) is 17.7 Å². The van der Waals surface area contributed by atoms with E-state index in [-0.39, 0.29) is 5.69 Å². The van der Waals surface area contributed by atoms with Gasteiger partial charge in [0.15, 0.2) is 0 Å². The van der Waals surface area contributed by atoms with Gasteiger partial charge < -0.3 is 4.74 Å². The molecule has 1 aromatic carbocycles. The number of halogens is 1. The Morgan fingerprint density at radius 2 is 2.31 bits per heavy atom. The minimum absolute atomic E-state index is 0.0265. The van der Waals surface area contributed by atoms with Gasteiger partial charge >= 0.3 is 0 Å². The lowest BCUT2D eigenvalue weighted by molar-refractivity contribution is -0.385. The number of hydrogen-bond acceptors (Lipinski definition) is 3. The van der Waals surface area contributed by atoms with Gasteiger partial charge in [0, 0.05) is 11.8 Å². The molecule has 5 heteroatoms. The number of benzene rings is 1. The minimum atomic E-state index is -0.458. The van der Waals surface area contributed by atoms with Gasteiger partial charge in [-0.25, -0.2) is 0 Å².